The van der Waals surface area contributed by atoms with Gasteiger partial charge in [0.2, 0.25) is 0 Å². The Kier molecular flexibility index (Phi) is 5.97. The lowest BCUT2D eigenvalue weighted by atomic mass is 10.2. The van der Waals surface area contributed by atoms with Gasteiger partial charge in [0.25, 0.3) is 5.91 Å². The summed E-state index contributed by atoms with van der Waals surface area (Å²) in [6, 6.07) is 5.23. The Morgan fingerprint density at radius 1 is 1.47 bits per heavy atom. The molecular formula is C12H14Br2ClNO. The minimum absolute atomic E-state index is 0.0126. The summed E-state index contributed by atoms with van der Waals surface area (Å²) in [6.07, 6.45) is 0.921. The van der Waals surface area contributed by atoms with E-state index in [-0.39, 0.29) is 5.91 Å². The maximum Gasteiger partial charge on any atom is 0.253 e. The van der Waals surface area contributed by atoms with Crippen LogP contribution in [0.2, 0.25) is 5.02 Å². The summed E-state index contributed by atoms with van der Waals surface area (Å²) in [5.74, 6) is -0.0126. The fourth-order valence-corrected chi connectivity index (χ4v) is 2.44. The van der Waals surface area contributed by atoms with Gasteiger partial charge in [-0.25, -0.2) is 0 Å². The van der Waals surface area contributed by atoms with Crippen LogP contribution in [-0.4, -0.2) is 29.2 Å². The van der Waals surface area contributed by atoms with Gasteiger partial charge < -0.3 is 4.90 Å². The molecule has 0 aromatic heterocycles. The Bertz CT molecular complexity index is 389. The van der Waals surface area contributed by atoms with Gasteiger partial charge in [-0.3, -0.25) is 4.79 Å². The molecule has 0 fully saturated rings. The number of nitrogens with zero attached hydrogens (tertiary/aromatic N) is 1. The van der Waals surface area contributed by atoms with Gasteiger partial charge in [0.1, 0.15) is 0 Å². The zero-order valence-electron chi connectivity index (χ0n) is 9.71. The van der Waals surface area contributed by atoms with Crippen molar-refractivity contribution in [1.82, 2.24) is 4.90 Å². The average molecular weight is 384 g/mol. The van der Waals surface area contributed by atoms with Crippen LogP contribution in [0.4, 0.5) is 0 Å². The Balaban J connectivity index is 2.74. The molecule has 1 amide bonds. The number of benzene rings is 1. The van der Waals surface area contributed by atoms with E-state index in [9.17, 15) is 4.79 Å². The molecule has 94 valence electrons. The first-order valence-electron chi connectivity index (χ1n) is 5.26. The molecule has 0 bridgehead atoms. The standard InChI is InChI=1S/C12H14Br2ClNO/c1-8(13)3-4-16(2)12(17)9-5-10(14)7-11(15)6-9/h5-8H,3-4H2,1-2H3. The minimum atomic E-state index is -0.0126. The monoisotopic (exact) mass is 381 g/mol. The van der Waals surface area contributed by atoms with E-state index in [2.05, 4.69) is 38.8 Å². The zero-order valence-corrected chi connectivity index (χ0v) is 13.6. The topological polar surface area (TPSA) is 20.3 Å². The van der Waals surface area contributed by atoms with Crippen LogP contribution >= 0.6 is 43.5 Å². The van der Waals surface area contributed by atoms with Gasteiger partial charge in [0.15, 0.2) is 0 Å². The third kappa shape index (κ3) is 4.98. The van der Waals surface area contributed by atoms with Crippen LogP contribution in [0.3, 0.4) is 0 Å². The number of hydrogen-bond acceptors (Lipinski definition) is 1. The fraction of sp³-hybridized carbons (Fsp3) is 0.417. The Hall–Kier alpha value is -0.0600. The van der Waals surface area contributed by atoms with E-state index in [1.165, 1.54) is 0 Å². The van der Waals surface area contributed by atoms with Crippen molar-refractivity contribution in [2.75, 3.05) is 13.6 Å². The van der Waals surface area contributed by atoms with E-state index >= 15 is 0 Å². The number of rotatable bonds is 4. The number of carbonyl (C=O) groups is 1. The first kappa shape index (κ1) is 15.0. The molecule has 0 spiro atoms. The van der Waals surface area contributed by atoms with Crippen molar-refractivity contribution in [3.05, 3.63) is 33.3 Å². The normalized spacial score (nSPS) is 12.3. The van der Waals surface area contributed by atoms with Crippen LogP contribution in [0.1, 0.15) is 23.7 Å². The second-order valence-electron chi connectivity index (χ2n) is 3.95. The van der Waals surface area contributed by atoms with Crippen molar-refractivity contribution in [2.24, 2.45) is 0 Å². The molecule has 0 heterocycles. The Morgan fingerprint density at radius 3 is 2.65 bits per heavy atom. The summed E-state index contributed by atoms with van der Waals surface area (Å²) < 4.78 is 0.815. The number of halogens is 3. The molecule has 1 aromatic carbocycles. The van der Waals surface area contributed by atoms with Gasteiger partial charge in [0.05, 0.1) is 0 Å². The first-order valence-corrected chi connectivity index (χ1v) is 7.34. The third-order valence-corrected chi connectivity index (χ3v) is 3.45. The molecule has 0 radical (unpaired) electrons. The Labute approximate surface area is 124 Å². The van der Waals surface area contributed by atoms with E-state index in [1.54, 1.807) is 30.1 Å². The highest BCUT2D eigenvalue weighted by Crippen LogP contribution is 2.20. The van der Waals surface area contributed by atoms with Crippen LogP contribution in [0.25, 0.3) is 0 Å². The van der Waals surface area contributed by atoms with Crippen LogP contribution in [0.15, 0.2) is 22.7 Å². The van der Waals surface area contributed by atoms with E-state index in [1.807, 2.05) is 0 Å². The Morgan fingerprint density at radius 2 is 2.12 bits per heavy atom. The van der Waals surface area contributed by atoms with Gasteiger partial charge in [-0.1, -0.05) is 50.4 Å². The molecule has 0 saturated carbocycles. The summed E-state index contributed by atoms with van der Waals surface area (Å²) in [4.78, 5) is 14.2. The zero-order chi connectivity index (χ0) is 13.0. The molecule has 0 aliphatic carbocycles. The smallest absolute Gasteiger partial charge is 0.253 e. The van der Waals surface area contributed by atoms with Gasteiger partial charge in [-0.15, -0.1) is 0 Å². The molecule has 2 nitrogen and oxygen atoms in total. The molecule has 0 saturated heterocycles. The molecule has 1 atom stereocenters. The summed E-state index contributed by atoms with van der Waals surface area (Å²) in [5.41, 5.74) is 0.606. The quantitative estimate of drug-likeness (QED) is 0.708. The second kappa shape index (κ2) is 6.76. The van der Waals surface area contributed by atoms with Crippen LogP contribution in [0, 0.1) is 0 Å². The lowest BCUT2D eigenvalue weighted by molar-refractivity contribution is 0.0794. The van der Waals surface area contributed by atoms with Crippen molar-refractivity contribution >= 4 is 49.4 Å². The van der Waals surface area contributed by atoms with Gasteiger partial charge in [-0.2, -0.15) is 0 Å². The SMILES string of the molecule is CC(Br)CCN(C)C(=O)c1cc(Cl)cc(Br)c1. The molecule has 17 heavy (non-hydrogen) atoms. The van der Waals surface area contributed by atoms with E-state index in [0.29, 0.717) is 15.4 Å². The predicted molar refractivity (Wildman–Crippen MR) is 79.1 cm³/mol. The molecule has 0 N–H and O–H groups in total. The second-order valence-corrected chi connectivity index (χ2v) is 6.87. The number of carbonyl (C=O) groups excluding carboxylic acids is 1. The molecule has 1 rings (SSSR count). The van der Waals surface area contributed by atoms with Crippen molar-refractivity contribution in [3.63, 3.8) is 0 Å². The molecule has 1 aromatic rings. The molecule has 0 aliphatic rings. The summed E-state index contributed by atoms with van der Waals surface area (Å²) in [5, 5.41) is 0.560. The maximum atomic E-state index is 12.1. The summed E-state index contributed by atoms with van der Waals surface area (Å²) in [7, 11) is 1.80. The largest absolute Gasteiger partial charge is 0.342 e. The maximum absolute atomic E-state index is 12.1. The fourth-order valence-electron chi connectivity index (χ4n) is 1.37. The van der Waals surface area contributed by atoms with Crippen LogP contribution < -0.4 is 0 Å². The predicted octanol–water partition coefficient (Wildman–Crippen LogP) is 4.35. The number of alkyl halides is 1. The third-order valence-electron chi connectivity index (χ3n) is 2.32. The highest BCUT2D eigenvalue weighted by molar-refractivity contribution is 9.10. The van der Waals surface area contributed by atoms with Gasteiger partial charge in [-0.05, 0) is 24.6 Å². The lowest BCUT2D eigenvalue weighted by Crippen LogP contribution is -2.28. The summed E-state index contributed by atoms with van der Waals surface area (Å²) >= 11 is 12.7. The molecule has 1 unspecified atom stereocenters. The van der Waals surface area contributed by atoms with Crippen molar-refractivity contribution in [2.45, 2.75) is 18.2 Å². The molecule has 0 aliphatic heterocycles. The van der Waals surface area contributed by atoms with E-state index < -0.39 is 0 Å². The molecule has 5 heteroatoms. The first-order chi connectivity index (χ1) is 7.90. The van der Waals surface area contributed by atoms with Crippen LogP contribution in [0.5, 0.6) is 0 Å². The lowest BCUT2D eigenvalue weighted by Gasteiger charge is -2.18. The number of amides is 1. The van der Waals surface area contributed by atoms with Crippen molar-refractivity contribution in [1.29, 1.82) is 0 Å². The van der Waals surface area contributed by atoms with Crippen molar-refractivity contribution < 1.29 is 4.79 Å². The van der Waals surface area contributed by atoms with Gasteiger partial charge >= 0.3 is 0 Å². The minimum Gasteiger partial charge on any atom is -0.342 e. The van der Waals surface area contributed by atoms with Gasteiger partial charge in [0, 0.05) is 33.5 Å². The van der Waals surface area contributed by atoms with E-state index in [0.717, 1.165) is 17.4 Å². The van der Waals surface area contributed by atoms with Crippen LogP contribution in [-0.2, 0) is 0 Å². The average Bonchev–Trinajstić information content (AvgIpc) is 2.23. The highest BCUT2D eigenvalue weighted by Gasteiger charge is 2.13. The summed E-state index contributed by atoms with van der Waals surface area (Å²) in [6.45, 7) is 2.78. The van der Waals surface area contributed by atoms with Crippen molar-refractivity contribution in [3.8, 4) is 0 Å². The van der Waals surface area contributed by atoms with E-state index in [4.69, 9.17) is 11.6 Å². The number of hydrogen-bond donors (Lipinski definition) is 0. The highest BCUT2D eigenvalue weighted by atomic mass is 79.9. The molecular weight excluding hydrogens is 369 g/mol.